The summed E-state index contributed by atoms with van der Waals surface area (Å²) in [6, 6.07) is 16.1. The van der Waals surface area contributed by atoms with Gasteiger partial charge in [0.25, 0.3) is 11.8 Å². The van der Waals surface area contributed by atoms with Crippen LogP contribution < -0.4 is 27.0 Å². The van der Waals surface area contributed by atoms with Gasteiger partial charge in [0.1, 0.15) is 11.4 Å². The zero-order valence-electron chi connectivity index (χ0n) is 22.2. The maximum Gasteiger partial charge on any atom is 0.319 e. The minimum atomic E-state index is -0.496. The van der Waals surface area contributed by atoms with Crippen LogP contribution in [0.3, 0.4) is 0 Å². The van der Waals surface area contributed by atoms with Gasteiger partial charge in [0.05, 0.1) is 11.9 Å². The van der Waals surface area contributed by atoms with Gasteiger partial charge >= 0.3 is 6.03 Å². The van der Waals surface area contributed by atoms with Crippen molar-refractivity contribution in [2.24, 2.45) is 0 Å². The summed E-state index contributed by atoms with van der Waals surface area (Å²) < 4.78 is 5.02. The first-order valence-electron chi connectivity index (χ1n) is 12.6. The molecule has 0 aliphatic rings. The van der Waals surface area contributed by atoms with Crippen molar-refractivity contribution in [2.45, 2.75) is 26.8 Å². The maximum atomic E-state index is 12.8. The molecule has 0 radical (unpaired) electrons. The third-order valence-corrected chi connectivity index (χ3v) is 5.93. The molecule has 2 heterocycles. The standard InChI is InChI=1S/C28H30N8O4/c1-17-23(18(2)40-36-17)35-28(39)31-13-7-12-30-27(38)24-25(29)32-16-22(34-24)20-10-6-11-21(14-20)26(37)33-15-19-8-4-3-5-9-19/h3-6,8-11,14,16H,7,12-13,15H2,1-2H3,(H2,29,32)(H,30,38)(H,33,37)(H2,31,35,39). The fourth-order valence-electron chi connectivity index (χ4n) is 3.80. The Morgan fingerprint density at radius 1 is 0.925 bits per heavy atom. The van der Waals surface area contributed by atoms with Crippen LogP contribution in [-0.4, -0.2) is 46.1 Å². The molecule has 0 aliphatic carbocycles. The van der Waals surface area contributed by atoms with Crippen molar-refractivity contribution >= 4 is 29.4 Å². The van der Waals surface area contributed by atoms with Crippen LogP contribution in [-0.2, 0) is 6.54 Å². The number of nitrogen functional groups attached to an aromatic ring is 1. The van der Waals surface area contributed by atoms with Gasteiger partial charge < -0.3 is 31.5 Å². The summed E-state index contributed by atoms with van der Waals surface area (Å²) in [6.45, 7) is 4.42. The minimum Gasteiger partial charge on any atom is -0.382 e. The molecule has 4 rings (SSSR count). The zero-order valence-corrected chi connectivity index (χ0v) is 22.2. The molecule has 12 nitrogen and oxygen atoms in total. The first kappa shape index (κ1) is 27.8. The number of nitrogens with one attached hydrogen (secondary N) is 4. The molecule has 0 atom stereocenters. The Morgan fingerprint density at radius 3 is 2.45 bits per heavy atom. The third kappa shape index (κ3) is 7.19. The molecule has 0 spiro atoms. The predicted octanol–water partition coefficient (Wildman–Crippen LogP) is 3.20. The molecule has 4 amide bonds. The van der Waals surface area contributed by atoms with Gasteiger partial charge in [-0.25, -0.2) is 14.8 Å². The van der Waals surface area contributed by atoms with Crippen molar-refractivity contribution in [1.29, 1.82) is 0 Å². The highest BCUT2D eigenvalue weighted by Gasteiger charge is 2.16. The Kier molecular flexibility index (Phi) is 9.03. The Morgan fingerprint density at radius 2 is 1.70 bits per heavy atom. The topological polar surface area (TPSA) is 177 Å². The van der Waals surface area contributed by atoms with Gasteiger partial charge in [-0.3, -0.25) is 9.59 Å². The average Bonchev–Trinajstić information content (AvgIpc) is 3.28. The fraction of sp³-hybridized carbons (Fsp3) is 0.214. The van der Waals surface area contributed by atoms with Crippen LogP contribution in [0.2, 0.25) is 0 Å². The van der Waals surface area contributed by atoms with Crippen LogP contribution in [0.1, 0.15) is 44.3 Å². The molecule has 12 heteroatoms. The second-order valence-electron chi connectivity index (χ2n) is 8.93. The van der Waals surface area contributed by atoms with Gasteiger partial charge in [-0.15, -0.1) is 0 Å². The summed E-state index contributed by atoms with van der Waals surface area (Å²) >= 11 is 0. The average molecular weight is 543 g/mol. The van der Waals surface area contributed by atoms with Crippen molar-refractivity contribution in [3.8, 4) is 11.3 Å². The number of hydrogen-bond donors (Lipinski definition) is 5. The lowest BCUT2D eigenvalue weighted by Crippen LogP contribution is -2.33. The molecule has 206 valence electrons. The van der Waals surface area contributed by atoms with Crippen LogP contribution in [0.25, 0.3) is 11.3 Å². The number of carbonyl (C=O) groups excluding carboxylic acids is 3. The number of urea groups is 1. The van der Waals surface area contributed by atoms with Crippen molar-refractivity contribution in [3.63, 3.8) is 0 Å². The lowest BCUT2D eigenvalue weighted by Gasteiger charge is -2.10. The molecule has 0 aliphatic heterocycles. The number of amides is 4. The highest BCUT2D eigenvalue weighted by Crippen LogP contribution is 2.20. The maximum absolute atomic E-state index is 12.8. The van der Waals surface area contributed by atoms with Crippen LogP contribution in [0, 0.1) is 13.8 Å². The van der Waals surface area contributed by atoms with Crippen LogP contribution in [0.4, 0.5) is 16.3 Å². The van der Waals surface area contributed by atoms with Crippen LogP contribution >= 0.6 is 0 Å². The highest BCUT2D eigenvalue weighted by molar-refractivity contribution is 5.97. The van der Waals surface area contributed by atoms with Crippen LogP contribution in [0.15, 0.2) is 65.3 Å². The molecule has 4 aromatic rings. The zero-order chi connectivity index (χ0) is 28.5. The summed E-state index contributed by atoms with van der Waals surface area (Å²) in [4.78, 5) is 46.0. The monoisotopic (exact) mass is 542 g/mol. The molecule has 2 aromatic heterocycles. The smallest absolute Gasteiger partial charge is 0.319 e. The second-order valence-corrected chi connectivity index (χ2v) is 8.93. The van der Waals surface area contributed by atoms with E-state index in [2.05, 4.69) is 36.4 Å². The van der Waals surface area contributed by atoms with Crippen LogP contribution in [0.5, 0.6) is 0 Å². The Bertz CT molecular complexity index is 1480. The molecule has 6 N–H and O–H groups in total. The fourth-order valence-corrected chi connectivity index (χ4v) is 3.80. The molecule has 40 heavy (non-hydrogen) atoms. The molecule has 2 aromatic carbocycles. The number of nitrogens with zero attached hydrogens (tertiary/aromatic N) is 3. The predicted molar refractivity (Wildman–Crippen MR) is 149 cm³/mol. The van der Waals surface area contributed by atoms with E-state index in [1.54, 1.807) is 38.1 Å². The quantitative estimate of drug-likeness (QED) is 0.190. The summed E-state index contributed by atoms with van der Waals surface area (Å²) in [7, 11) is 0. The summed E-state index contributed by atoms with van der Waals surface area (Å²) in [5.41, 5.74) is 9.45. The first-order chi connectivity index (χ1) is 19.3. The van der Waals surface area contributed by atoms with E-state index in [-0.39, 0.29) is 24.0 Å². The largest absolute Gasteiger partial charge is 0.382 e. The van der Waals surface area contributed by atoms with Gasteiger partial charge in [-0.05, 0) is 38.0 Å². The van der Waals surface area contributed by atoms with E-state index in [0.29, 0.717) is 53.5 Å². The summed E-state index contributed by atoms with van der Waals surface area (Å²) in [6.07, 6.45) is 1.92. The number of rotatable bonds is 10. The molecule has 0 saturated carbocycles. The van der Waals surface area contributed by atoms with Crippen molar-refractivity contribution in [3.05, 3.63) is 89.1 Å². The van der Waals surface area contributed by atoms with Gasteiger partial charge in [0.2, 0.25) is 0 Å². The van der Waals surface area contributed by atoms with E-state index >= 15 is 0 Å². The van der Waals surface area contributed by atoms with E-state index in [1.165, 1.54) is 6.20 Å². The molecule has 0 bridgehead atoms. The lowest BCUT2D eigenvalue weighted by atomic mass is 10.1. The number of aromatic nitrogens is 3. The van der Waals surface area contributed by atoms with E-state index in [1.807, 2.05) is 30.3 Å². The number of aryl methyl sites for hydroxylation is 2. The van der Waals surface area contributed by atoms with E-state index in [4.69, 9.17) is 10.3 Å². The molecular weight excluding hydrogens is 512 g/mol. The summed E-state index contributed by atoms with van der Waals surface area (Å²) in [5.74, 6) is -0.237. The number of anilines is 2. The SMILES string of the molecule is Cc1noc(C)c1NC(=O)NCCCNC(=O)c1nc(-c2cccc(C(=O)NCc3ccccc3)c2)cnc1N. The number of carbonyl (C=O) groups is 3. The number of nitrogens with two attached hydrogens (primary N) is 1. The molecule has 0 unspecified atom stereocenters. The normalized spacial score (nSPS) is 10.6. The van der Waals surface area contributed by atoms with E-state index in [0.717, 1.165) is 5.56 Å². The van der Waals surface area contributed by atoms with E-state index in [9.17, 15) is 14.4 Å². The summed E-state index contributed by atoms with van der Waals surface area (Å²) in [5, 5.41) is 14.8. The number of benzene rings is 2. The molecular formula is C28H30N8O4. The van der Waals surface area contributed by atoms with Crippen molar-refractivity contribution < 1.29 is 18.9 Å². The van der Waals surface area contributed by atoms with Crippen molar-refractivity contribution in [2.75, 3.05) is 24.1 Å². The van der Waals surface area contributed by atoms with Gasteiger partial charge in [0.15, 0.2) is 17.3 Å². The highest BCUT2D eigenvalue weighted by atomic mass is 16.5. The van der Waals surface area contributed by atoms with Gasteiger partial charge in [0, 0.05) is 30.8 Å². The minimum absolute atomic E-state index is 0.0185. The Hall–Kier alpha value is -5.26. The molecule has 0 fully saturated rings. The lowest BCUT2D eigenvalue weighted by molar-refractivity contribution is 0.0941. The Balaban J connectivity index is 1.30. The number of hydrogen-bond acceptors (Lipinski definition) is 8. The second kappa shape index (κ2) is 13.0. The Labute approximate surface area is 230 Å². The first-order valence-corrected chi connectivity index (χ1v) is 12.6. The van der Waals surface area contributed by atoms with E-state index < -0.39 is 11.9 Å². The van der Waals surface area contributed by atoms with Gasteiger partial charge in [-0.2, -0.15) is 0 Å². The van der Waals surface area contributed by atoms with Gasteiger partial charge in [-0.1, -0.05) is 47.6 Å². The third-order valence-electron chi connectivity index (χ3n) is 5.93. The molecule has 0 saturated heterocycles. The van der Waals surface area contributed by atoms with Crippen molar-refractivity contribution in [1.82, 2.24) is 31.1 Å².